The van der Waals surface area contributed by atoms with E-state index in [1.807, 2.05) is 17.5 Å². The molecule has 1 amide bonds. The fraction of sp³-hybridized carbons (Fsp3) is 0.333. The molecule has 25 heavy (non-hydrogen) atoms. The number of thiophene rings is 1. The van der Waals surface area contributed by atoms with Gasteiger partial charge < -0.3 is 20.5 Å². The number of carbonyl (C=O) groups excluding carboxylic acids is 1. The Morgan fingerprint density at radius 3 is 2.92 bits per heavy atom. The minimum absolute atomic E-state index is 0.0821. The molecule has 1 unspecified atom stereocenters. The lowest BCUT2D eigenvalue weighted by molar-refractivity contribution is 0.0241. The van der Waals surface area contributed by atoms with E-state index < -0.39 is 0 Å². The summed E-state index contributed by atoms with van der Waals surface area (Å²) in [6.07, 6.45) is 1.16. The molecule has 1 atom stereocenters. The molecule has 4 N–H and O–H groups in total. The van der Waals surface area contributed by atoms with Crippen LogP contribution in [0, 0.1) is 5.92 Å². The van der Waals surface area contributed by atoms with Crippen molar-refractivity contribution in [3.63, 3.8) is 0 Å². The van der Waals surface area contributed by atoms with Crippen LogP contribution < -0.4 is 5.32 Å². The number of hydrogen-bond acceptors (Lipinski definition) is 5. The van der Waals surface area contributed by atoms with Crippen molar-refractivity contribution in [3.8, 4) is 0 Å². The van der Waals surface area contributed by atoms with E-state index in [2.05, 4.69) is 15.3 Å². The smallest absolute Gasteiger partial charge is 0.251 e. The lowest BCUT2D eigenvalue weighted by atomic mass is 9.76. The topological polar surface area (TPSA) is 98.2 Å². The summed E-state index contributed by atoms with van der Waals surface area (Å²) in [5, 5.41) is 23.9. The SMILES string of the molecule is O=C(NC(c1cccs1)C1CC(O)C1)c1ccc2nc(CO)[nH]c2c1. The number of H-pyrrole nitrogens is 1. The minimum Gasteiger partial charge on any atom is -0.393 e. The Morgan fingerprint density at radius 2 is 2.24 bits per heavy atom. The van der Waals surface area contributed by atoms with Gasteiger partial charge in [-0.1, -0.05) is 6.07 Å². The van der Waals surface area contributed by atoms with Crippen LogP contribution in [0.2, 0.25) is 0 Å². The van der Waals surface area contributed by atoms with Gasteiger partial charge in [-0.25, -0.2) is 4.98 Å². The first-order chi connectivity index (χ1) is 12.1. The molecule has 0 aliphatic heterocycles. The van der Waals surface area contributed by atoms with Gasteiger partial charge in [0, 0.05) is 10.4 Å². The predicted molar refractivity (Wildman–Crippen MR) is 95.3 cm³/mol. The Balaban J connectivity index is 1.56. The minimum atomic E-state index is -0.261. The Bertz CT molecular complexity index is 884. The first-order valence-electron chi connectivity index (χ1n) is 8.26. The summed E-state index contributed by atoms with van der Waals surface area (Å²) in [4.78, 5) is 21.1. The predicted octanol–water partition coefficient (Wildman–Crippen LogP) is 2.36. The highest BCUT2D eigenvalue weighted by Crippen LogP contribution is 2.39. The number of amides is 1. The van der Waals surface area contributed by atoms with Gasteiger partial charge in [-0.05, 0) is 48.4 Å². The molecule has 1 aliphatic carbocycles. The first kappa shape index (κ1) is 16.3. The number of imidazole rings is 1. The number of aliphatic hydroxyl groups excluding tert-OH is 2. The molecule has 1 aliphatic rings. The van der Waals surface area contributed by atoms with Gasteiger partial charge in [-0.2, -0.15) is 0 Å². The number of aliphatic hydroxyl groups is 2. The number of benzene rings is 1. The van der Waals surface area contributed by atoms with E-state index in [-0.39, 0.29) is 30.6 Å². The molecule has 1 fully saturated rings. The Labute approximate surface area is 148 Å². The zero-order valence-electron chi connectivity index (χ0n) is 13.5. The van der Waals surface area contributed by atoms with Crippen LogP contribution in [0.5, 0.6) is 0 Å². The molecule has 1 saturated carbocycles. The van der Waals surface area contributed by atoms with Crippen LogP contribution in [0.15, 0.2) is 35.7 Å². The van der Waals surface area contributed by atoms with Gasteiger partial charge in [0.15, 0.2) is 0 Å². The quantitative estimate of drug-likeness (QED) is 0.563. The second-order valence-corrected chi connectivity index (χ2v) is 7.40. The number of aromatic amines is 1. The van der Waals surface area contributed by atoms with E-state index >= 15 is 0 Å². The van der Waals surface area contributed by atoms with Crippen LogP contribution in [-0.4, -0.2) is 32.2 Å². The molecular formula is C18H19N3O3S. The lowest BCUT2D eigenvalue weighted by Crippen LogP contribution is -2.41. The van der Waals surface area contributed by atoms with Crippen LogP contribution in [0.3, 0.4) is 0 Å². The van der Waals surface area contributed by atoms with E-state index in [0.717, 1.165) is 15.9 Å². The highest BCUT2D eigenvalue weighted by Gasteiger charge is 2.36. The maximum Gasteiger partial charge on any atom is 0.251 e. The number of carbonyl (C=O) groups is 1. The lowest BCUT2D eigenvalue weighted by Gasteiger charge is -2.37. The fourth-order valence-corrected chi connectivity index (χ4v) is 4.16. The Morgan fingerprint density at radius 1 is 1.40 bits per heavy atom. The molecule has 0 bridgehead atoms. The van der Waals surface area contributed by atoms with Gasteiger partial charge in [0.25, 0.3) is 5.91 Å². The zero-order valence-corrected chi connectivity index (χ0v) is 14.3. The summed E-state index contributed by atoms with van der Waals surface area (Å²) in [6, 6.07) is 9.17. The average molecular weight is 357 g/mol. The Hall–Kier alpha value is -2.22. The second-order valence-electron chi connectivity index (χ2n) is 6.43. The molecule has 0 spiro atoms. The number of nitrogens with zero attached hydrogens (tertiary/aromatic N) is 1. The van der Waals surface area contributed by atoms with E-state index in [4.69, 9.17) is 5.11 Å². The third-order valence-electron chi connectivity index (χ3n) is 4.70. The molecule has 0 saturated heterocycles. The molecule has 0 radical (unpaired) electrons. The van der Waals surface area contributed by atoms with Gasteiger partial charge >= 0.3 is 0 Å². The van der Waals surface area contributed by atoms with Crippen molar-refractivity contribution in [1.29, 1.82) is 0 Å². The van der Waals surface area contributed by atoms with Crippen molar-refractivity contribution in [1.82, 2.24) is 15.3 Å². The molecule has 2 heterocycles. The van der Waals surface area contributed by atoms with E-state index in [0.29, 0.717) is 24.2 Å². The normalized spacial score (nSPS) is 21.0. The van der Waals surface area contributed by atoms with Crippen LogP contribution in [0.25, 0.3) is 11.0 Å². The molecular weight excluding hydrogens is 338 g/mol. The highest BCUT2D eigenvalue weighted by atomic mass is 32.1. The number of nitrogens with one attached hydrogen (secondary N) is 2. The van der Waals surface area contributed by atoms with Crippen LogP contribution in [0.1, 0.15) is 39.9 Å². The van der Waals surface area contributed by atoms with Crippen molar-refractivity contribution in [2.75, 3.05) is 0 Å². The van der Waals surface area contributed by atoms with Crippen molar-refractivity contribution < 1.29 is 15.0 Å². The van der Waals surface area contributed by atoms with Crippen molar-refractivity contribution >= 4 is 28.3 Å². The summed E-state index contributed by atoms with van der Waals surface area (Å²) >= 11 is 1.62. The van der Waals surface area contributed by atoms with Gasteiger partial charge in [-0.3, -0.25) is 4.79 Å². The zero-order chi connectivity index (χ0) is 17.4. The molecule has 7 heteroatoms. The van der Waals surface area contributed by atoms with Crippen molar-refractivity contribution in [2.45, 2.75) is 31.6 Å². The fourth-order valence-electron chi connectivity index (χ4n) is 3.29. The molecule has 4 rings (SSSR count). The summed E-state index contributed by atoms with van der Waals surface area (Å²) in [5.74, 6) is 0.587. The molecule has 3 aromatic rings. The first-order valence-corrected chi connectivity index (χ1v) is 9.14. The molecule has 130 valence electrons. The summed E-state index contributed by atoms with van der Waals surface area (Å²) in [6.45, 7) is -0.166. The maximum absolute atomic E-state index is 12.7. The van der Waals surface area contributed by atoms with Crippen LogP contribution >= 0.6 is 11.3 Å². The van der Waals surface area contributed by atoms with Crippen LogP contribution in [-0.2, 0) is 6.61 Å². The average Bonchev–Trinajstić information content (AvgIpc) is 3.25. The highest BCUT2D eigenvalue weighted by molar-refractivity contribution is 7.10. The van der Waals surface area contributed by atoms with Crippen molar-refractivity contribution in [3.05, 3.63) is 52.0 Å². The monoisotopic (exact) mass is 357 g/mol. The van der Waals surface area contributed by atoms with Gasteiger partial charge in [0.05, 0.1) is 23.2 Å². The maximum atomic E-state index is 12.7. The number of aromatic nitrogens is 2. The van der Waals surface area contributed by atoms with Crippen LogP contribution in [0.4, 0.5) is 0 Å². The molecule has 2 aromatic heterocycles. The van der Waals surface area contributed by atoms with E-state index in [9.17, 15) is 9.90 Å². The number of rotatable bonds is 5. The van der Waals surface area contributed by atoms with Gasteiger partial charge in [0.2, 0.25) is 0 Å². The summed E-state index contributed by atoms with van der Waals surface area (Å²) in [5.41, 5.74) is 1.99. The van der Waals surface area contributed by atoms with Crippen molar-refractivity contribution in [2.24, 2.45) is 5.92 Å². The second kappa shape index (κ2) is 6.59. The largest absolute Gasteiger partial charge is 0.393 e. The Kier molecular flexibility index (Phi) is 4.29. The number of hydrogen-bond donors (Lipinski definition) is 4. The van der Waals surface area contributed by atoms with E-state index in [1.165, 1.54) is 0 Å². The van der Waals surface area contributed by atoms with Gasteiger partial charge in [-0.15, -0.1) is 11.3 Å². The van der Waals surface area contributed by atoms with E-state index in [1.54, 1.807) is 29.5 Å². The third-order valence-corrected chi connectivity index (χ3v) is 5.66. The molecule has 6 nitrogen and oxygen atoms in total. The standard InChI is InChI=1S/C18H19N3O3S/c22-9-16-19-13-4-3-10(8-14(13)20-16)18(24)21-17(11-6-12(23)7-11)15-2-1-5-25-15/h1-5,8,11-12,17,22-23H,6-7,9H2,(H,19,20)(H,21,24). The summed E-state index contributed by atoms with van der Waals surface area (Å²) in [7, 11) is 0. The summed E-state index contributed by atoms with van der Waals surface area (Å²) < 4.78 is 0. The van der Waals surface area contributed by atoms with Gasteiger partial charge in [0.1, 0.15) is 12.4 Å². The number of fused-ring (bicyclic) bond motifs is 1. The third kappa shape index (κ3) is 3.18. The molecule has 1 aromatic carbocycles.